The van der Waals surface area contributed by atoms with Crippen LogP contribution >= 0.6 is 0 Å². The number of aromatic nitrogens is 1. The molecule has 0 aliphatic heterocycles. The molecule has 0 aliphatic carbocycles. The van der Waals surface area contributed by atoms with Crippen molar-refractivity contribution in [3.8, 4) is 0 Å². The Morgan fingerprint density at radius 3 is 2.57 bits per heavy atom. The molecule has 2 N–H and O–H groups in total. The molecule has 0 saturated carbocycles. The van der Waals surface area contributed by atoms with E-state index in [1.807, 2.05) is 0 Å². The fourth-order valence-corrected chi connectivity index (χ4v) is 3.08. The number of hydrogen-bond acceptors (Lipinski definition) is 4. The van der Waals surface area contributed by atoms with Crippen molar-refractivity contribution < 1.29 is 13.5 Å². The van der Waals surface area contributed by atoms with E-state index in [2.05, 4.69) is 30.5 Å². The van der Waals surface area contributed by atoms with Crippen LogP contribution in [0.2, 0.25) is 0 Å². The SMILES string of the molecule is CC(C)N(C)CCCCNS(=O)(=O)c1cc(CO)n(C)c1. The van der Waals surface area contributed by atoms with E-state index in [0.717, 1.165) is 19.4 Å². The highest BCUT2D eigenvalue weighted by molar-refractivity contribution is 7.89. The number of sulfonamides is 1. The summed E-state index contributed by atoms with van der Waals surface area (Å²) in [4.78, 5) is 2.44. The van der Waals surface area contributed by atoms with Gasteiger partial charge in [0, 0.05) is 31.5 Å². The molecular formula is C14H27N3O3S. The van der Waals surface area contributed by atoms with Gasteiger partial charge in [0.05, 0.1) is 11.5 Å². The maximum atomic E-state index is 12.1. The second-order valence-corrected chi connectivity index (χ2v) is 7.38. The van der Waals surface area contributed by atoms with Crippen LogP contribution in [0.15, 0.2) is 17.2 Å². The quantitative estimate of drug-likeness (QED) is 0.664. The van der Waals surface area contributed by atoms with Crippen molar-refractivity contribution in [2.75, 3.05) is 20.1 Å². The summed E-state index contributed by atoms with van der Waals surface area (Å²) in [5, 5.41) is 9.10. The number of aryl methyl sites for hydroxylation is 1. The molecule has 1 rings (SSSR count). The lowest BCUT2D eigenvalue weighted by molar-refractivity contribution is 0.268. The van der Waals surface area contributed by atoms with Gasteiger partial charge in [-0.1, -0.05) is 0 Å². The Morgan fingerprint density at radius 2 is 2.05 bits per heavy atom. The summed E-state index contributed by atoms with van der Waals surface area (Å²) in [5.41, 5.74) is 0.578. The number of aliphatic hydroxyl groups excluding tert-OH is 1. The summed E-state index contributed by atoms with van der Waals surface area (Å²) in [7, 11) is 0.295. The van der Waals surface area contributed by atoms with Crippen LogP contribution in [0.1, 0.15) is 32.4 Å². The maximum Gasteiger partial charge on any atom is 0.242 e. The third kappa shape index (κ3) is 5.43. The Labute approximate surface area is 127 Å². The molecule has 6 nitrogen and oxygen atoms in total. The lowest BCUT2D eigenvalue weighted by Crippen LogP contribution is -2.29. The summed E-state index contributed by atoms with van der Waals surface area (Å²) in [6.45, 7) is 5.48. The fourth-order valence-electron chi connectivity index (χ4n) is 1.92. The lowest BCUT2D eigenvalue weighted by atomic mass is 10.2. The van der Waals surface area contributed by atoms with Crippen LogP contribution in [0.25, 0.3) is 0 Å². The van der Waals surface area contributed by atoms with Gasteiger partial charge < -0.3 is 14.6 Å². The lowest BCUT2D eigenvalue weighted by Gasteiger charge is -2.20. The molecule has 0 spiro atoms. The second kappa shape index (κ2) is 7.93. The van der Waals surface area contributed by atoms with Crippen molar-refractivity contribution in [3.05, 3.63) is 18.0 Å². The number of rotatable bonds is 9. The average Bonchev–Trinajstić information content (AvgIpc) is 2.80. The van der Waals surface area contributed by atoms with Crippen LogP contribution in [0, 0.1) is 0 Å². The fraction of sp³-hybridized carbons (Fsp3) is 0.714. The van der Waals surface area contributed by atoms with Crippen molar-refractivity contribution in [2.45, 2.75) is 44.2 Å². The van der Waals surface area contributed by atoms with Gasteiger partial charge in [-0.05, 0) is 46.3 Å². The topological polar surface area (TPSA) is 74.6 Å². The van der Waals surface area contributed by atoms with E-state index < -0.39 is 10.0 Å². The van der Waals surface area contributed by atoms with E-state index in [0.29, 0.717) is 18.3 Å². The van der Waals surface area contributed by atoms with Crippen molar-refractivity contribution in [1.29, 1.82) is 0 Å². The number of hydrogen-bond donors (Lipinski definition) is 2. The van der Waals surface area contributed by atoms with E-state index in [4.69, 9.17) is 5.11 Å². The first kappa shape index (κ1) is 18.2. The van der Waals surface area contributed by atoms with Gasteiger partial charge >= 0.3 is 0 Å². The van der Waals surface area contributed by atoms with Crippen molar-refractivity contribution >= 4 is 10.0 Å². The Hall–Kier alpha value is -0.890. The molecule has 1 aromatic rings. The molecular weight excluding hydrogens is 290 g/mol. The van der Waals surface area contributed by atoms with Gasteiger partial charge in [0.15, 0.2) is 0 Å². The Balaban J connectivity index is 2.43. The third-order valence-corrected chi connectivity index (χ3v) is 5.09. The Bertz CT molecular complexity index is 538. The number of nitrogens with zero attached hydrogens (tertiary/aromatic N) is 2. The largest absolute Gasteiger partial charge is 0.390 e. The predicted octanol–water partition coefficient (Wildman–Crippen LogP) is 0.916. The zero-order valence-electron chi connectivity index (χ0n) is 13.3. The van der Waals surface area contributed by atoms with Crippen LogP contribution in [0.3, 0.4) is 0 Å². The van der Waals surface area contributed by atoms with Gasteiger partial charge in [-0.25, -0.2) is 13.1 Å². The standard InChI is InChI=1S/C14H27N3O3S/c1-12(2)16(3)8-6-5-7-15-21(19,20)14-9-13(11-18)17(4)10-14/h9-10,12,15,18H,5-8,11H2,1-4H3. The van der Waals surface area contributed by atoms with Crippen molar-refractivity contribution in [3.63, 3.8) is 0 Å². The van der Waals surface area contributed by atoms with Gasteiger partial charge in [0.25, 0.3) is 0 Å². The minimum absolute atomic E-state index is 0.173. The first-order valence-corrected chi connectivity index (χ1v) is 8.72. The van der Waals surface area contributed by atoms with Crippen molar-refractivity contribution in [2.24, 2.45) is 7.05 Å². The molecule has 0 amide bonds. The predicted molar refractivity (Wildman–Crippen MR) is 83.5 cm³/mol. The molecule has 122 valence electrons. The van der Waals surface area contributed by atoms with Crippen molar-refractivity contribution in [1.82, 2.24) is 14.2 Å². The van der Waals surface area contributed by atoms with Crippen LogP contribution in [-0.2, 0) is 23.7 Å². The van der Waals surface area contributed by atoms with Gasteiger partial charge in [0.1, 0.15) is 0 Å². The summed E-state index contributed by atoms with van der Waals surface area (Å²) in [6, 6.07) is 2.00. The van der Waals surface area contributed by atoms with E-state index >= 15 is 0 Å². The van der Waals surface area contributed by atoms with E-state index in [1.54, 1.807) is 11.6 Å². The molecule has 0 atom stereocenters. The van der Waals surface area contributed by atoms with Gasteiger partial charge in [-0.2, -0.15) is 0 Å². The molecule has 1 heterocycles. The summed E-state index contributed by atoms with van der Waals surface area (Å²) in [6.07, 6.45) is 3.27. The molecule has 0 unspecified atom stereocenters. The first-order chi connectivity index (χ1) is 9.77. The minimum Gasteiger partial charge on any atom is -0.390 e. The van der Waals surface area contributed by atoms with Crippen LogP contribution in [-0.4, -0.2) is 49.2 Å². The highest BCUT2D eigenvalue weighted by Crippen LogP contribution is 2.13. The monoisotopic (exact) mass is 317 g/mol. The first-order valence-electron chi connectivity index (χ1n) is 7.24. The maximum absolute atomic E-state index is 12.1. The van der Waals surface area contributed by atoms with Gasteiger partial charge in [0.2, 0.25) is 10.0 Å². The van der Waals surface area contributed by atoms with E-state index in [9.17, 15) is 8.42 Å². The number of nitrogens with one attached hydrogen (secondary N) is 1. The van der Waals surface area contributed by atoms with Gasteiger partial charge in [-0.3, -0.25) is 0 Å². The smallest absolute Gasteiger partial charge is 0.242 e. The van der Waals surface area contributed by atoms with E-state index in [1.165, 1.54) is 12.3 Å². The molecule has 0 aliphatic rings. The highest BCUT2D eigenvalue weighted by atomic mass is 32.2. The molecule has 1 aromatic heterocycles. The second-order valence-electron chi connectivity index (χ2n) is 5.62. The molecule has 7 heteroatoms. The zero-order chi connectivity index (χ0) is 16.0. The van der Waals surface area contributed by atoms with Crippen LogP contribution in [0.4, 0.5) is 0 Å². The summed E-state index contributed by atoms with van der Waals surface area (Å²) < 4.78 is 28.4. The highest BCUT2D eigenvalue weighted by Gasteiger charge is 2.16. The molecule has 0 aromatic carbocycles. The van der Waals surface area contributed by atoms with Crippen LogP contribution in [0.5, 0.6) is 0 Å². The summed E-state index contributed by atoms with van der Waals surface area (Å²) >= 11 is 0. The molecule has 0 bridgehead atoms. The normalized spacial score (nSPS) is 12.5. The molecule has 0 fully saturated rings. The third-order valence-electron chi connectivity index (χ3n) is 3.67. The average molecular weight is 317 g/mol. The summed E-state index contributed by atoms with van der Waals surface area (Å²) in [5.74, 6) is 0. The van der Waals surface area contributed by atoms with Gasteiger partial charge in [-0.15, -0.1) is 0 Å². The minimum atomic E-state index is -3.48. The Kier molecular flexibility index (Phi) is 6.86. The molecule has 0 radical (unpaired) electrons. The molecule has 21 heavy (non-hydrogen) atoms. The molecule has 0 saturated heterocycles. The Morgan fingerprint density at radius 1 is 1.38 bits per heavy atom. The van der Waals surface area contributed by atoms with E-state index in [-0.39, 0.29) is 11.5 Å². The number of aliphatic hydroxyl groups is 1. The zero-order valence-corrected chi connectivity index (χ0v) is 14.2. The number of unbranched alkanes of at least 4 members (excludes halogenated alkanes) is 1. The van der Waals surface area contributed by atoms with Crippen LogP contribution < -0.4 is 4.72 Å².